The molecule has 1 amide bonds. The van der Waals surface area contributed by atoms with Gasteiger partial charge in [0.1, 0.15) is 0 Å². The molecule has 0 spiro atoms. The Labute approximate surface area is 123 Å². The smallest absolute Gasteiger partial charge is 0.247 e. The average Bonchev–Trinajstić information content (AvgIpc) is 2.48. The molecule has 116 valence electrons. The number of pyridine rings is 1. The van der Waals surface area contributed by atoms with Crippen LogP contribution < -0.4 is 10.9 Å². The number of amides is 1. The molecule has 1 saturated heterocycles. The maximum atomic E-state index is 12.4. The summed E-state index contributed by atoms with van der Waals surface area (Å²) in [7, 11) is -3.61. The van der Waals surface area contributed by atoms with Crippen LogP contribution in [0.2, 0.25) is 0 Å². The van der Waals surface area contributed by atoms with E-state index < -0.39 is 10.0 Å². The fraction of sp³-hybridized carbons (Fsp3) is 0.538. The van der Waals surface area contributed by atoms with Crippen molar-refractivity contribution in [3.05, 3.63) is 28.7 Å². The molecule has 1 aliphatic heterocycles. The number of aromatic nitrogens is 1. The minimum Gasteiger partial charge on any atom is -0.356 e. The predicted molar refractivity (Wildman–Crippen MR) is 77.2 cm³/mol. The van der Waals surface area contributed by atoms with E-state index in [1.54, 1.807) is 0 Å². The first kappa shape index (κ1) is 15.7. The molecule has 2 N–H and O–H groups in total. The number of carbonyl (C=O) groups excluding carboxylic acids is 1. The second kappa shape index (κ2) is 6.40. The van der Waals surface area contributed by atoms with E-state index in [-0.39, 0.29) is 22.3 Å². The lowest BCUT2D eigenvalue weighted by atomic mass is 9.97. The molecule has 21 heavy (non-hydrogen) atoms. The molecule has 0 bridgehead atoms. The van der Waals surface area contributed by atoms with Crippen molar-refractivity contribution in [3.63, 3.8) is 0 Å². The zero-order chi connectivity index (χ0) is 15.5. The summed E-state index contributed by atoms with van der Waals surface area (Å²) < 4.78 is 26.2. The molecule has 0 saturated carbocycles. The minimum atomic E-state index is -3.61. The number of carbonyl (C=O) groups is 1. The highest BCUT2D eigenvalue weighted by Crippen LogP contribution is 2.23. The van der Waals surface area contributed by atoms with Crippen molar-refractivity contribution < 1.29 is 13.2 Å². The Bertz CT molecular complexity index is 640. The lowest BCUT2D eigenvalue weighted by Crippen LogP contribution is -2.43. The average molecular weight is 313 g/mol. The van der Waals surface area contributed by atoms with E-state index >= 15 is 0 Å². The van der Waals surface area contributed by atoms with Gasteiger partial charge in [0, 0.05) is 37.8 Å². The third-order valence-corrected chi connectivity index (χ3v) is 5.46. The van der Waals surface area contributed by atoms with Gasteiger partial charge in [-0.1, -0.05) is 0 Å². The molecule has 1 aliphatic rings. The molecule has 0 atom stereocenters. The molecule has 1 aromatic rings. The van der Waals surface area contributed by atoms with Crippen LogP contribution >= 0.6 is 0 Å². The summed E-state index contributed by atoms with van der Waals surface area (Å²) in [5.41, 5.74) is -0.344. The van der Waals surface area contributed by atoms with Crippen molar-refractivity contribution in [3.8, 4) is 0 Å². The number of piperidine rings is 1. The summed E-state index contributed by atoms with van der Waals surface area (Å²) in [4.78, 5) is 25.2. The highest BCUT2D eigenvalue weighted by Gasteiger charge is 2.31. The van der Waals surface area contributed by atoms with Crippen LogP contribution in [0.3, 0.4) is 0 Å². The first-order chi connectivity index (χ1) is 9.95. The lowest BCUT2D eigenvalue weighted by Gasteiger charge is -2.30. The van der Waals surface area contributed by atoms with Crippen LogP contribution in [0.5, 0.6) is 0 Å². The molecular weight excluding hydrogens is 294 g/mol. The molecule has 0 radical (unpaired) electrons. The Balaban J connectivity index is 2.06. The maximum absolute atomic E-state index is 12.4. The van der Waals surface area contributed by atoms with Crippen molar-refractivity contribution >= 4 is 15.9 Å². The number of rotatable bonds is 4. The van der Waals surface area contributed by atoms with Gasteiger partial charge in [-0.3, -0.25) is 9.59 Å². The number of nitrogens with one attached hydrogen (secondary N) is 2. The number of hydrogen-bond acceptors (Lipinski definition) is 4. The first-order valence-electron chi connectivity index (χ1n) is 6.91. The summed E-state index contributed by atoms with van der Waals surface area (Å²) in [6, 6.07) is 2.48. The number of nitrogens with zero attached hydrogens (tertiary/aromatic N) is 1. The quantitative estimate of drug-likeness (QED) is 0.811. The fourth-order valence-electron chi connectivity index (χ4n) is 2.38. The maximum Gasteiger partial charge on any atom is 0.247 e. The number of hydrogen-bond donors (Lipinski definition) is 2. The third kappa shape index (κ3) is 3.51. The van der Waals surface area contributed by atoms with Crippen LogP contribution in [0.15, 0.2) is 28.0 Å². The van der Waals surface area contributed by atoms with Gasteiger partial charge < -0.3 is 10.3 Å². The second-order valence-electron chi connectivity index (χ2n) is 4.96. The largest absolute Gasteiger partial charge is 0.356 e. The van der Waals surface area contributed by atoms with Gasteiger partial charge in [0.25, 0.3) is 0 Å². The summed E-state index contributed by atoms with van der Waals surface area (Å²) in [5, 5.41) is 2.76. The molecule has 1 aromatic heterocycles. The second-order valence-corrected chi connectivity index (χ2v) is 6.90. The van der Waals surface area contributed by atoms with E-state index in [2.05, 4.69) is 10.3 Å². The molecule has 7 nitrogen and oxygen atoms in total. The van der Waals surface area contributed by atoms with E-state index in [4.69, 9.17) is 0 Å². The highest BCUT2D eigenvalue weighted by molar-refractivity contribution is 7.89. The minimum absolute atomic E-state index is 0.0152. The van der Waals surface area contributed by atoms with E-state index in [1.807, 2.05) is 6.92 Å². The molecule has 2 heterocycles. The van der Waals surface area contributed by atoms with E-state index in [9.17, 15) is 18.0 Å². The molecule has 0 unspecified atom stereocenters. The molecular formula is C13H19N3O4S. The Morgan fingerprint density at radius 3 is 2.57 bits per heavy atom. The Hall–Kier alpha value is -1.67. The Kier molecular flexibility index (Phi) is 4.79. The summed E-state index contributed by atoms with van der Waals surface area (Å²) in [6.07, 6.45) is 2.22. The Morgan fingerprint density at radius 2 is 2.05 bits per heavy atom. The van der Waals surface area contributed by atoms with Gasteiger partial charge in [-0.15, -0.1) is 0 Å². The molecule has 0 aromatic carbocycles. The van der Waals surface area contributed by atoms with Gasteiger partial charge in [-0.2, -0.15) is 4.31 Å². The SMILES string of the molecule is CCNC(=O)C1CCN(S(=O)(=O)c2ccc(=O)[nH]c2)CC1. The summed E-state index contributed by atoms with van der Waals surface area (Å²) in [6.45, 7) is 3.05. The third-order valence-electron chi connectivity index (χ3n) is 3.57. The normalized spacial score (nSPS) is 17.6. The van der Waals surface area contributed by atoms with Gasteiger partial charge >= 0.3 is 0 Å². The van der Waals surface area contributed by atoms with Gasteiger partial charge in [-0.25, -0.2) is 8.42 Å². The standard InChI is InChI=1S/C13H19N3O4S/c1-2-14-13(18)10-5-7-16(8-6-10)21(19,20)11-3-4-12(17)15-9-11/h3-4,9-10H,2,5-8H2,1H3,(H,14,18)(H,15,17). The first-order valence-corrected chi connectivity index (χ1v) is 8.35. The zero-order valence-corrected chi connectivity index (χ0v) is 12.6. The van der Waals surface area contributed by atoms with E-state index in [0.29, 0.717) is 32.5 Å². The molecule has 0 aliphatic carbocycles. The summed E-state index contributed by atoms with van der Waals surface area (Å²) in [5.74, 6) is -0.148. The number of H-pyrrole nitrogens is 1. The fourth-order valence-corrected chi connectivity index (χ4v) is 3.82. The van der Waals surface area contributed by atoms with Crippen molar-refractivity contribution in [1.29, 1.82) is 0 Å². The van der Waals surface area contributed by atoms with Crippen molar-refractivity contribution in [2.75, 3.05) is 19.6 Å². The van der Waals surface area contributed by atoms with Gasteiger partial charge in [-0.05, 0) is 25.8 Å². The van der Waals surface area contributed by atoms with Crippen molar-refractivity contribution in [1.82, 2.24) is 14.6 Å². The van der Waals surface area contributed by atoms with Crippen LogP contribution in [0, 0.1) is 5.92 Å². The molecule has 8 heteroatoms. The van der Waals surface area contributed by atoms with Crippen LogP contribution in [-0.4, -0.2) is 43.2 Å². The van der Waals surface area contributed by atoms with Crippen LogP contribution in [-0.2, 0) is 14.8 Å². The topological polar surface area (TPSA) is 99.3 Å². The van der Waals surface area contributed by atoms with Gasteiger partial charge in [0.05, 0.1) is 4.90 Å². The van der Waals surface area contributed by atoms with Gasteiger partial charge in [0.2, 0.25) is 21.5 Å². The Morgan fingerprint density at radius 1 is 1.38 bits per heavy atom. The van der Waals surface area contributed by atoms with E-state index in [0.717, 1.165) is 0 Å². The predicted octanol–water partition coefficient (Wildman–Crippen LogP) is -0.0883. The lowest BCUT2D eigenvalue weighted by molar-refractivity contribution is -0.126. The van der Waals surface area contributed by atoms with Gasteiger partial charge in [0.15, 0.2) is 0 Å². The highest BCUT2D eigenvalue weighted by atomic mass is 32.2. The number of sulfonamides is 1. The van der Waals surface area contributed by atoms with Crippen LogP contribution in [0.4, 0.5) is 0 Å². The number of aromatic amines is 1. The van der Waals surface area contributed by atoms with Crippen molar-refractivity contribution in [2.24, 2.45) is 5.92 Å². The molecule has 1 fully saturated rings. The summed E-state index contributed by atoms with van der Waals surface area (Å²) >= 11 is 0. The molecule has 2 rings (SSSR count). The zero-order valence-electron chi connectivity index (χ0n) is 11.8. The monoisotopic (exact) mass is 313 g/mol. The van der Waals surface area contributed by atoms with Crippen LogP contribution in [0.1, 0.15) is 19.8 Å². The van der Waals surface area contributed by atoms with E-state index in [1.165, 1.54) is 22.6 Å². The van der Waals surface area contributed by atoms with Crippen molar-refractivity contribution in [2.45, 2.75) is 24.7 Å². The van der Waals surface area contributed by atoms with Crippen LogP contribution in [0.25, 0.3) is 0 Å².